The number of ketones is 1. The van der Waals surface area contributed by atoms with Gasteiger partial charge in [0.05, 0.1) is 16.3 Å². The summed E-state index contributed by atoms with van der Waals surface area (Å²) in [6, 6.07) is 8.17. The van der Waals surface area contributed by atoms with Gasteiger partial charge in [-0.3, -0.25) is 9.69 Å². The predicted molar refractivity (Wildman–Crippen MR) is 71.3 cm³/mol. The number of benzene rings is 1. The quantitative estimate of drug-likeness (QED) is 0.834. The van der Waals surface area contributed by atoms with Crippen LogP contribution in [-0.2, 0) is 4.79 Å². The first-order valence-electron chi connectivity index (χ1n) is 5.59. The van der Waals surface area contributed by atoms with Crippen molar-refractivity contribution in [1.82, 2.24) is 9.88 Å². The SMILES string of the molecule is CC(=O)CC(c1nc2ccccc2s1)N(C)C. The van der Waals surface area contributed by atoms with Crippen molar-refractivity contribution in [2.24, 2.45) is 0 Å². The van der Waals surface area contributed by atoms with Crippen molar-refractivity contribution in [2.45, 2.75) is 19.4 Å². The molecule has 0 saturated carbocycles. The summed E-state index contributed by atoms with van der Waals surface area (Å²) >= 11 is 1.67. The fraction of sp³-hybridized carbons (Fsp3) is 0.385. The van der Waals surface area contributed by atoms with Crippen LogP contribution in [0.1, 0.15) is 24.4 Å². The van der Waals surface area contributed by atoms with E-state index in [4.69, 9.17) is 0 Å². The molecule has 0 aliphatic carbocycles. The third-order valence-electron chi connectivity index (χ3n) is 2.70. The van der Waals surface area contributed by atoms with Crippen LogP contribution >= 0.6 is 11.3 Å². The molecule has 0 radical (unpaired) electrons. The predicted octanol–water partition coefficient (Wildman–Crippen LogP) is 2.88. The topological polar surface area (TPSA) is 33.2 Å². The molecule has 1 atom stereocenters. The third-order valence-corrected chi connectivity index (χ3v) is 3.84. The molecule has 0 bridgehead atoms. The van der Waals surface area contributed by atoms with Crippen LogP contribution in [0.4, 0.5) is 0 Å². The van der Waals surface area contributed by atoms with Crippen LogP contribution in [0.5, 0.6) is 0 Å². The van der Waals surface area contributed by atoms with E-state index in [-0.39, 0.29) is 11.8 Å². The number of aromatic nitrogens is 1. The number of thiazole rings is 1. The lowest BCUT2D eigenvalue weighted by atomic mass is 10.1. The number of Topliss-reactive ketones (excluding diaryl/α,β-unsaturated/α-hetero) is 1. The Morgan fingerprint density at radius 2 is 2.12 bits per heavy atom. The molecule has 2 aromatic rings. The standard InChI is InChI=1S/C13H16N2OS/c1-9(16)8-11(15(2)3)13-14-10-6-4-5-7-12(10)17-13/h4-7,11H,8H2,1-3H3. The lowest BCUT2D eigenvalue weighted by molar-refractivity contribution is -0.118. The minimum Gasteiger partial charge on any atom is -0.300 e. The Hall–Kier alpha value is -1.26. The minimum absolute atomic E-state index is 0.0879. The molecule has 0 N–H and O–H groups in total. The maximum Gasteiger partial charge on any atom is 0.131 e. The first-order chi connectivity index (χ1) is 8.08. The van der Waals surface area contributed by atoms with Crippen molar-refractivity contribution < 1.29 is 4.79 Å². The Balaban J connectivity index is 2.38. The molecule has 0 spiro atoms. The summed E-state index contributed by atoms with van der Waals surface area (Å²) in [6.45, 7) is 1.63. The van der Waals surface area contributed by atoms with E-state index in [0.29, 0.717) is 6.42 Å². The third kappa shape index (κ3) is 2.70. The van der Waals surface area contributed by atoms with E-state index in [2.05, 4.69) is 16.0 Å². The molecule has 0 fully saturated rings. The number of rotatable bonds is 4. The molecule has 1 heterocycles. The second-order valence-electron chi connectivity index (χ2n) is 4.41. The van der Waals surface area contributed by atoms with Gasteiger partial charge in [-0.25, -0.2) is 4.98 Å². The van der Waals surface area contributed by atoms with Crippen molar-refractivity contribution in [2.75, 3.05) is 14.1 Å². The zero-order chi connectivity index (χ0) is 12.4. The van der Waals surface area contributed by atoms with E-state index < -0.39 is 0 Å². The van der Waals surface area contributed by atoms with Crippen LogP contribution < -0.4 is 0 Å². The summed E-state index contributed by atoms with van der Waals surface area (Å²) in [7, 11) is 3.97. The molecule has 0 aliphatic rings. The summed E-state index contributed by atoms with van der Waals surface area (Å²) in [4.78, 5) is 18.0. The van der Waals surface area contributed by atoms with E-state index >= 15 is 0 Å². The highest BCUT2D eigenvalue weighted by atomic mass is 32.1. The van der Waals surface area contributed by atoms with Gasteiger partial charge in [0.2, 0.25) is 0 Å². The van der Waals surface area contributed by atoms with Gasteiger partial charge in [-0.1, -0.05) is 12.1 Å². The molecular formula is C13H16N2OS. The number of hydrogen-bond acceptors (Lipinski definition) is 4. The second kappa shape index (κ2) is 4.94. The summed E-state index contributed by atoms with van der Waals surface area (Å²) in [5.74, 6) is 0.197. The smallest absolute Gasteiger partial charge is 0.131 e. The highest BCUT2D eigenvalue weighted by molar-refractivity contribution is 7.18. The Morgan fingerprint density at radius 3 is 2.71 bits per heavy atom. The van der Waals surface area contributed by atoms with Crippen LogP contribution in [0.25, 0.3) is 10.2 Å². The van der Waals surface area contributed by atoms with Crippen molar-refractivity contribution in [3.8, 4) is 0 Å². The number of nitrogens with zero attached hydrogens (tertiary/aromatic N) is 2. The minimum atomic E-state index is 0.0879. The average molecular weight is 248 g/mol. The monoisotopic (exact) mass is 248 g/mol. The van der Waals surface area contributed by atoms with Gasteiger partial charge >= 0.3 is 0 Å². The van der Waals surface area contributed by atoms with Crippen LogP contribution in [0.15, 0.2) is 24.3 Å². The molecule has 3 nitrogen and oxygen atoms in total. The lowest BCUT2D eigenvalue weighted by Crippen LogP contribution is -2.21. The fourth-order valence-electron chi connectivity index (χ4n) is 1.80. The van der Waals surface area contributed by atoms with E-state index in [1.54, 1.807) is 18.3 Å². The van der Waals surface area contributed by atoms with Gasteiger partial charge in [-0.15, -0.1) is 11.3 Å². The summed E-state index contributed by atoms with van der Waals surface area (Å²) in [5.41, 5.74) is 1.02. The number of para-hydroxylation sites is 1. The maximum atomic E-state index is 11.3. The van der Waals surface area contributed by atoms with Gasteiger partial charge in [-0.05, 0) is 33.2 Å². The first-order valence-corrected chi connectivity index (χ1v) is 6.41. The molecule has 0 saturated heterocycles. The first kappa shape index (κ1) is 12.2. The molecule has 90 valence electrons. The van der Waals surface area contributed by atoms with Crippen molar-refractivity contribution >= 4 is 27.3 Å². The summed E-state index contributed by atoms with van der Waals surface area (Å²) in [6.07, 6.45) is 0.521. The molecular weight excluding hydrogens is 232 g/mol. The van der Waals surface area contributed by atoms with E-state index in [0.717, 1.165) is 10.5 Å². The molecule has 1 aromatic heterocycles. The largest absolute Gasteiger partial charge is 0.300 e. The van der Waals surface area contributed by atoms with Gasteiger partial charge < -0.3 is 0 Å². The number of fused-ring (bicyclic) bond motifs is 1. The van der Waals surface area contributed by atoms with Crippen molar-refractivity contribution in [3.05, 3.63) is 29.3 Å². The molecule has 2 rings (SSSR count). The molecule has 4 heteroatoms. The van der Waals surface area contributed by atoms with Crippen molar-refractivity contribution in [3.63, 3.8) is 0 Å². The summed E-state index contributed by atoms with van der Waals surface area (Å²) < 4.78 is 1.18. The van der Waals surface area contributed by atoms with Gasteiger partial charge in [0, 0.05) is 6.42 Å². The number of hydrogen-bond donors (Lipinski definition) is 0. The van der Waals surface area contributed by atoms with Crippen LogP contribution in [-0.4, -0.2) is 29.8 Å². The zero-order valence-electron chi connectivity index (χ0n) is 10.3. The second-order valence-corrected chi connectivity index (χ2v) is 5.47. The van der Waals surface area contributed by atoms with Crippen LogP contribution in [0, 0.1) is 0 Å². The van der Waals surface area contributed by atoms with Crippen LogP contribution in [0.3, 0.4) is 0 Å². The molecule has 1 aromatic carbocycles. The fourth-order valence-corrected chi connectivity index (χ4v) is 2.96. The summed E-state index contributed by atoms with van der Waals surface area (Å²) in [5, 5.41) is 1.02. The van der Waals surface area contributed by atoms with Crippen molar-refractivity contribution in [1.29, 1.82) is 0 Å². The van der Waals surface area contributed by atoms with E-state index in [1.165, 1.54) is 4.70 Å². The Labute approximate surface area is 105 Å². The molecule has 0 amide bonds. The molecule has 0 aliphatic heterocycles. The number of carbonyl (C=O) groups excluding carboxylic acids is 1. The zero-order valence-corrected chi connectivity index (χ0v) is 11.1. The Morgan fingerprint density at radius 1 is 1.41 bits per heavy atom. The maximum absolute atomic E-state index is 11.3. The number of carbonyl (C=O) groups is 1. The highest BCUT2D eigenvalue weighted by Crippen LogP contribution is 2.30. The van der Waals surface area contributed by atoms with E-state index in [9.17, 15) is 4.79 Å². The normalized spacial score (nSPS) is 13.2. The van der Waals surface area contributed by atoms with Gasteiger partial charge in [0.15, 0.2) is 0 Å². The molecule has 17 heavy (non-hydrogen) atoms. The highest BCUT2D eigenvalue weighted by Gasteiger charge is 2.20. The van der Waals surface area contributed by atoms with E-state index in [1.807, 2.05) is 32.3 Å². The molecule has 1 unspecified atom stereocenters. The van der Waals surface area contributed by atoms with Crippen LogP contribution in [0.2, 0.25) is 0 Å². The van der Waals surface area contributed by atoms with Gasteiger partial charge in [0.25, 0.3) is 0 Å². The Kier molecular flexibility index (Phi) is 3.54. The van der Waals surface area contributed by atoms with Gasteiger partial charge in [-0.2, -0.15) is 0 Å². The Bertz CT molecular complexity index is 500. The van der Waals surface area contributed by atoms with Gasteiger partial charge in [0.1, 0.15) is 10.8 Å². The average Bonchev–Trinajstić information content (AvgIpc) is 2.68. The lowest BCUT2D eigenvalue weighted by Gasteiger charge is -2.20.